The Kier molecular flexibility index (Phi) is 2.33. The molecule has 0 atom stereocenters. The van der Waals surface area contributed by atoms with Crippen molar-refractivity contribution < 1.29 is 0 Å². The third-order valence-electron chi connectivity index (χ3n) is 2.33. The topological polar surface area (TPSA) is 66.7 Å². The number of anilines is 3. The van der Waals surface area contributed by atoms with Crippen LogP contribution in [0.1, 0.15) is 11.1 Å². The maximum absolute atomic E-state index is 5.55. The summed E-state index contributed by atoms with van der Waals surface area (Å²) in [7, 11) is 0. The minimum absolute atomic E-state index is 0.559. The number of nitrogens with zero attached hydrogens (tertiary/aromatic N) is 1. The summed E-state index contributed by atoms with van der Waals surface area (Å²) < 4.78 is 0. The molecule has 2 aromatic rings. The fourth-order valence-electron chi connectivity index (χ4n) is 1.54. The maximum Gasteiger partial charge on any atom is 0.154 e. The van der Waals surface area contributed by atoms with E-state index in [1.54, 1.807) is 6.07 Å². The molecule has 0 fully saturated rings. The van der Waals surface area contributed by atoms with Crippen molar-refractivity contribution in [1.29, 1.82) is 0 Å². The minimum Gasteiger partial charge on any atom is -0.384 e. The van der Waals surface area contributed by atoms with Crippen LogP contribution in [-0.2, 0) is 0 Å². The summed E-state index contributed by atoms with van der Waals surface area (Å²) in [6, 6.07) is 7.93. The van der Waals surface area contributed by atoms with E-state index in [4.69, 9.17) is 5.73 Å². The second kappa shape index (κ2) is 3.65. The van der Waals surface area contributed by atoms with E-state index >= 15 is 0 Å². The summed E-state index contributed by atoms with van der Waals surface area (Å²) in [6.07, 6.45) is 0. The van der Waals surface area contributed by atoms with Gasteiger partial charge >= 0.3 is 0 Å². The average molecular weight is 202 g/mol. The lowest BCUT2D eigenvalue weighted by Crippen LogP contribution is -1.95. The van der Waals surface area contributed by atoms with Crippen molar-refractivity contribution in [3.8, 4) is 0 Å². The molecule has 4 N–H and O–H groups in total. The molecule has 0 saturated carbocycles. The SMILES string of the molecule is Cc1cccc(C)c1Nc1cc(N)[nH]n1. The molecule has 1 aromatic carbocycles. The number of aromatic amines is 1. The van der Waals surface area contributed by atoms with E-state index in [0.717, 1.165) is 11.5 Å². The van der Waals surface area contributed by atoms with Crippen molar-refractivity contribution in [2.24, 2.45) is 0 Å². The summed E-state index contributed by atoms with van der Waals surface area (Å²) >= 11 is 0. The first-order valence-electron chi connectivity index (χ1n) is 4.81. The van der Waals surface area contributed by atoms with Crippen LogP contribution in [-0.4, -0.2) is 10.2 Å². The van der Waals surface area contributed by atoms with E-state index in [1.165, 1.54) is 11.1 Å². The molecular formula is C11H14N4. The zero-order valence-corrected chi connectivity index (χ0v) is 8.83. The molecule has 0 bridgehead atoms. The van der Waals surface area contributed by atoms with E-state index in [2.05, 4.69) is 41.5 Å². The Balaban J connectivity index is 2.31. The molecule has 0 radical (unpaired) electrons. The predicted octanol–water partition coefficient (Wildman–Crippen LogP) is 2.35. The van der Waals surface area contributed by atoms with Gasteiger partial charge in [-0.1, -0.05) is 18.2 Å². The smallest absolute Gasteiger partial charge is 0.154 e. The normalized spacial score (nSPS) is 10.3. The molecule has 0 saturated heterocycles. The molecule has 4 heteroatoms. The van der Waals surface area contributed by atoms with Crippen LogP contribution in [0.15, 0.2) is 24.3 Å². The highest BCUT2D eigenvalue weighted by Crippen LogP contribution is 2.23. The van der Waals surface area contributed by atoms with Crippen LogP contribution in [0.4, 0.5) is 17.3 Å². The predicted molar refractivity (Wildman–Crippen MR) is 62.2 cm³/mol. The zero-order valence-electron chi connectivity index (χ0n) is 8.83. The fraction of sp³-hybridized carbons (Fsp3) is 0.182. The van der Waals surface area contributed by atoms with Gasteiger partial charge in [-0.3, -0.25) is 5.10 Å². The number of rotatable bonds is 2. The quantitative estimate of drug-likeness (QED) is 0.700. The number of aryl methyl sites for hydroxylation is 2. The molecule has 15 heavy (non-hydrogen) atoms. The Morgan fingerprint density at radius 1 is 1.27 bits per heavy atom. The molecule has 1 heterocycles. The summed E-state index contributed by atoms with van der Waals surface area (Å²) in [5, 5.41) is 9.96. The number of aromatic nitrogens is 2. The molecule has 0 spiro atoms. The number of para-hydroxylation sites is 1. The Morgan fingerprint density at radius 3 is 2.47 bits per heavy atom. The first-order chi connectivity index (χ1) is 7.16. The van der Waals surface area contributed by atoms with E-state index in [0.29, 0.717) is 5.82 Å². The molecule has 0 aliphatic heterocycles. The van der Waals surface area contributed by atoms with Gasteiger partial charge in [-0.05, 0) is 25.0 Å². The zero-order chi connectivity index (χ0) is 10.8. The lowest BCUT2D eigenvalue weighted by molar-refractivity contribution is 1.10. The minimum atomic E-state index is 0.559. The lowest BCUT2D eigenvalue weighted by Gasteiger charge is -2.09. The highest BCUT2D eigenvalue weighted by molar-refractivity contribution is 5.65. The largest absolute Gasteiger partial charge is 0.384 e. The highest BCUT2D eigenvalue weighted by Gasteiger charge is 2.04. The molecule has 78 valence electrons. The number of nitrogens with two attached hydrogens (primary N) is 1. The van der Waals surface area contributed by atoms with E-state index in [1.807, 2.05) is 6.07 Å². The van der Waals surface area contributed by atoms with Crippen molar-refractivity contribution >= 4 is 17.3 Å². The Labute approximate surface area is 88.5 Å². The second-order valence-corrected chi connectivity index (χ2v) is 3.60. The van der Waals surface area contributed by atoms with Gasteiger partial charge in [0.15, 0.2) is 5.82 Å². The average Bonchev–Trinajstić information content (AvgIpc) is 2.58. The summed E-state index contributed by atoms with van der Waals surface area (Å²) in [6.45, 7) is 4.12. The Bertz CT molecular complexity index is 453. The van der Waals surface area contributed by atoms with E-state index < -0.39 is 0 Å². The van der Waals surface area contributed by atoms with Gasteiger partial charge in [0.05, 0.1) is 0 Å². The molecule has 1 aromatic heterocycles. The lowest BCUT2D eigenvalue weighted by atomic mass is 10.1. The first-order valence-corrected chi connectivity index (χ1v) is 4.81. The molecule has 0 aliphatic carbocycles. The van der Waals surface area contributed by atoms with Crippen molar-refractivity contribution in [3.05, 3.63) is 35.4 Å². The summed E-state index contributed by atoms with van der Waals surface area (Å²) in [4.78, 5) is 0. The molecule has 0 aliphatic rings. The standard InChI is InChI=1S/C11H14N4/c1-7-4-3-5-8(2)11(7)13-10-6-9(12)14-15-10/h3-6H,1-2H3,(H4,12,13,14,15). The number of hydrogen-bond donors (Lipinski definition) is 3. The van der Waals surface area contributed by atoms with Gasteiger partial charge in [-0.15, -0.1) is 0 Å². The van der Waals surface area contributed by atoms with Crippen LogP contribution in [0, 0.1) is 13.8 Å². The molecular weight excluding hydrogens is 188 g/mol. The third-order valence-corrected chi connectivity index (χ3v) is 2.33. The number of benzene rings is 1. The van der Waals surface area contributed by atoms with E-state index in [9.17, 15) is 0 Å². The molecule has 2 rings (SSSR count). The van der Waals surface area contributed by atoms with Crippen LogP contribution >= 0.6 is 0 Å². The van der Waals surface area contributed by atoms with Crippen molar-refractivity contribution in [3.63, 3.8) is 0 Å². The van der Waals surface area contributed by atoms with Gasteiger partial charge in [-0.2, -0.15) is 5.10 Å². The van der Waals surface area contributed by atoms with Gasteiger partial charge in [0.2, 0.25) is 0 Å². The van der Waals surface area contributed by atoms with Crippen LogP contribution in [0.25, 0.3) is 0 Å². The molecule has 4 nitrogen and oxygen atoms in total. The van der Waals surface area contributed by atoms with Gasteiger partial charge in [0.25, 0.3) is 0 Å². The van der Waals surface area contributed by atoms with Gasteiger partial charge in [0.1, 0.15) is 5.82 Å². The summed E-state index contributed by atoms with van der Waals surface area (Å²) in [5.41, 5.74) is 9.02. The van der Waals surface area contributed by atoms with Gasteiger partial charge in [-0.25, -0.2) is 0 Å². The third kappa shape index (κ3) is 1.93. The van der Waals surface area contributed by atoms with Crippen LogP contribution in [0.5, 0.6) is 0 Å². The maximum atomic E-state index is 5.55. The van der Waals surface area contributed by atoms with Crippen molar-refractivity contribution in [2.45, 2.75) is 13.8 Å². The van der Waals surface area contributed by atoms with Gasteiger partial charge in [0, 0.05) is 11.8 Å². The summed E-state index contributed by atoms with van der Waals surface area (Å²) in [5.74, 6) is 1.30. The number of H-pyrrole nitrogens is 1. The Hall–Kier alpha value is -1.97. The van der Waals surface area contributed by atoms with Gasteiger partial charge < -0.3 is 11.1 Å². The first kappa shape index (κ1) is 9.58. The fourth-order valence-corrected chi connectivity index (χ4v) is 1.54. The molecule has 0 unspecified atom stereocenters. The second-order valence-electron chi connectivity index (χ2n) is 3.60. The highest BCUT2D eigenvalue weighted by atomic mass is 15.2. The van der Waals surface area contributed by atoms with Crippen LogP contribution < -0.4 is 11.1 Å². The molecule has 0 amide bonds. The number of nitrogen functional groups attached to an aromatic ring is 1. The number of nitrogens with one attached hydrogen (secondary N) is 2. The van der Waals surface area contributed by atoms with Crippen LogP contribution in [0.2, 0.25) is 0 Å². The van der Waals surface area contributed by atoms with Crippen molar-refractivity contribution in [2.75, 3.05) is 11.1 Å². The van der Waals surface area contributed by atoms with E-state index in [-0.39, 0.29) is 0 Å². The van der Waals surface area contributed by atoms with Crippen LogP contribution in [0.3, 0.4) is 0 Å². The van der Waals surface area contributed by atoms with Crippen molar-refractivity contribution in [1.82, 2.24) is 10.2 Å². The Morgan fingerprint density at radius 2 is 1.93 bits per heavy atom. The number of hydrogen-bond acceptors (Lipinski definition) is 3. The monoisotopic (exact) mass is 202 g/mol.